The maximum absolute atomic E-state index is 17.9. The lowest BCUT2D eigenvalue weighted by molar-refractivity contribution is -0.144. The summed E-state index contributed by atoms with van der Waals surface area (Å²) in [6.45, 7) is 16.8. The first kappa shape index (κ1) is 69.4. The van der Waals surface area contributed by atoms with Crippen molar-refractivity contribution in [2.24, 2.45) is 5.41 Å². The predicted molar refractivity (Wildman–Crippen MR) is 355 cm³/mol. The third-order valence-electron chi connectivity index (χ3n) is 17.6. The van der Waals surface area contributed by atoms with Crippen molar-refractivity contribution >= 4 is 96.0 Å². The van der Waals surface area contributed by atoms with Gasteiger partial charge in [0, 0.05) is 68.0 Å². The van der Waals surface area contributed by atoms with Gasteiger partial charge >= 0.3 is 18.2 Å². The summed E-state index contributed by atoms with van der Waals surface area (Å²) in [6.07, 6.45) is 3.04. The van der Waals surface area contributed by atoms with Crippen molar-refractivity contribution in [3.63, 3.8) is 0 Å². The van der Waals surface area contributed by atoms with Crippen molar-refractivity contribution in [2.75, 3.05) is 76.0 Å². The first-order valence-corrected chi connectivity index (χ1v) is 34.1. The van der Waals surface area contributed by atoms with Gasteiger partial charge in [-0.05, 0) is 107 Å². The van der Waals surface area contributed by atoms with E-state index in [1.54, 1.807) is 37.2 Å². The highest BCUT2D eigenvalue weighted by Gasteiger charge is 2.47. The molecule has 6 aromatic rings. The monoisotopic (exact) mass is 1350 g/mol. The second-order valence-electron chi connectivity index (χ2n) is 26.5. The predicted octanol–water partition coefficient (Wildman–Crippen LogP) is 10.7. The van der Waals surface area contributed by atoms with Crippen LogP contribution in [-0.2, 0) is 28.6 Å². The van der Waals surface area contributed by atoms with Crippen LogP contribution in [0, 0.1) is 35.3 Å². The number of unbranched alkanes of at least 4 members (excludes halogenated alkanes) is 1. The molecular weight excluding hydrogens is 1270 g/mol. The number of aliphatic hydroxyl groups excluding tert-OH is 2. The van der Waals surface area contributed by atoms with E-state index in [1.807, 2.05) is 63.8 Å². The van der Waals surface area contributed by atoms with Gasteiger partial charge in [0.15, 0.2) is 5.82 Å². The number of β-amino-alcohol motifs (C(OH)–C–C–N with tert-alkyl or cyclic N) is 1. The molecule has 27 heteroatoms. The summed E-state index contributed by atoms with van der Waals surface area (Å²) >= 11 is 9.43. The number of aliphatic hydroxyl groups is 2. The summed E-state index contributed by atoms with van der Waals surface area (Å²) in [6, 6.07) is 10.1. The Morgan fingerprint density at radius 1 is 0.947 bits per heavy atom. The number of aryl methyl sites for hydroxylation is 1. The molecule has 3 aromatic carbocycles. The molecule has 2 bridgehead atoms. The van der Waals surface area contributed by atoms with E-state index in [1.165, 1.54) is 22.3 Å². The van der Waals surface area contributed by atoms with Crippen LogP contribution in [0.1, 0.15) is 129 Å². The Bertz CT molecular complexity index is 3800. The summed E-state index contributed by atoms with van der Waals surface area (Å²) < 4.78 is 57.1. The number of hydrogen-bond donors (Lipinski definition) is 5. The van der Waals surface area contributed by atoms with E-state index in [4.69, 9.17) is 40.5 Å². The van der Waals surface area contributed by atoms with Crippen LogP contribution < -0.4 is 25.6 Å². The zero-order valence-electron chi connectivity index (χ0n) is 54.2. The number of anilines is 2. The number of halogens is 3. The molecule has 94 heavy (non-hydrogen) atoms. The Morgan fingerprint density at radius 3 is 2.36 bits per heavy atom. The number of likely N-dealkylation sites (tertiary alicyclic amines) is 2. The lowest BCUT2D eigenvalue weighted by Crippen LogP contribution is -2.58. The number of nitrogens with zero attached hydrogens (tertiary/aromatic N) is 8. The molecule has 7 heterocycles. The number of nitriles is 1. The largest absolute Gasteiger partial charge is 0.462 e. The Balaban J connectivity index is 0.786. The van der Waals surface area contributed by atoms with Crippen molar-refractivity contribution in [3.8, 4) is 33.6 Å². The fourth-order valence-corrected chi connectivity index (χ4v) is 15.1. The van der Waals surface area contributed by atoms with Gasteiger partial charge in [0.2, 0.25) is 17.7 Å². The molecule has 5 N–H and O–H groups in total. The number of hydrogen-bond acceptors (Lipinski definition) is 19. The molecule has 4 saturated heterocycles. The van der Waals surface area contributed by atoms with Gasteiger partial charge in [-0.2, -0.15) is 15.2 Å². The number of piperazine rings is 1. The second-order valence-corrected chi connectivity index (χ2v) is 28.8. The van der Waals surface area contributed by atoms with Gasteiger partial charge < -0.3 is 49.6 Å². The molecule has 0 spiro atoms. The van der Waals surface area contributed by atoms with E-state index in [9.17, 15) is 39.4 Å². The van der Waals surface area contributed by atoms with Gasteiger partial charge in [0.25, 0.3) is 0 Å². The lowest BCUT2D eigenvalue weighted by atomic mass is 9.85. The average Bonchev–Trinajstić information content (AvgIpc) is 1.29. The maximum atomic E-state index is 17.9. The number of amides is 5. The highest BCUT2D eigenvalue weighted by molar-refractivity contribution is 7.23. The summed E-state index contributed by atoms with van der Waals surface area (Å²) in [7, 11) is 0. The van der Waals surface area contributed by atoms with Crippen molar-refractivity contribution in [1.29, 1.82) is 5.26 Å². The number of ether oxygens (including phenoxy) is 4. The maximum Gasteiger partial charge on any atom is 0.412 e. The van der Waals surface area contributed by atoms with E-state index >= 15 is 8.78 Å². The van der Waals surface area contributed by atoms with Gasteiger partial charge in [0.05, 0.1) is 75.4 Å². The van der Waals surface area contributed by atoms with Gasteiger partial charge in [0.1, 0.15) is 52.5 Å². The van der Waals surface area contributed by atoms with E-state index in [0.717, 1.165) is 78.6 Å². The van der Waals surface area contributed by atoms with E-state index in [0.29, 0.717) is 50.7 Å². The number of carbonyl (C=O) groups is 5. The number of aromatic nitrogens is 3. The van der Waals surface area contributed by atoms with E-state index < -0.39 is 77.3 Å². The van der Waals surface area contributed by atoms with Crippen LogP contribution in [0.15, 0.2) is 48.0 Å². The number of thiazole rings is 1. The standard InChI is InChI=1S/C67H82ClF2N11O11S2/c1-9-10-26-90-65(88)81-40-18-19-41(81)32-79(31-40)59-45-29-47(68)53(44-20-21-48(69)57-52(44)46(30-71)61(94-57)77-64(87)92-67(6,7)8)54(70)55(45)75-63(76-59)91-35-42-13-11-23-78(42)24-12-25-89-27-22-51(84)74-58(66(3,4)5)62(86)80-33-43(83)28-50(80)60(85)73-49(34-82)38-14-16-39(17-15-38)56-37(2)72-36-93-56/h14-17,20-21,29,36,40-43,49-50,58,82-83H,9-13,18-19,22-28,31-35H2,1-8H3,(H,73,85)(H,74,84)(H,77,87)/t40?,41?,42-,43+,49-,50-,58+/m0/s1. The number of nitrogens with one attached hydrogen (secondary N) is 3. The van der Waals surface area contributed by atoms with Crippen LogP contribution in [0.25, 0.3) is 42.6 Å². The summed E-state index contributed by atoms with van der Waals surface area (Å²) in [5.74, 6) is -2.72. The lowest BCUT2D eigenvalue weighted by Gasteiger charge is -2.41. The van der Waals surface area contributed by atoms with Crippen molar-refractivity contribution in [2.45, 2.75) is 161 Å². The first-order chi connectivity index (χ1) is 44.9. The second kappa shape index (κ2) is 29.7. The van der Waals surface area contributed by atoms with E-state index in [2.05, 4.69) is 31.9 Å². The third kappa shape index (κ3) is 15.6. The molecule has 4 aliphatic rings. The Hall–Kier alpha value is -7.38. The smallest absolute Gasteiger partial charge is 0.412 e. The molecule has 5 amide bonds. The molecule has 4 aliphatic heterocycles. The number of rotatable bonds is 23. The number of thiophene rings is 1. The van der Waals surface area contributed by atoms with E-state index in [-0.39, 0.29) is 111 Å². The molecule has 3 aromatic heterocycles. The van der Waals surface area contributed by atoms with Gasteiger partial charge in [-0.1, -0.05) is 76.0 Å². The van der Waals surface area contributed by atoms with Gasteiger partial charge in [-0.3, -0.25) is 29.5 Å². The van der Waals surface area contributed by atoms with Crippen LogP contribution in [0.2, 0.25) is 5.02 Å². The molecule has 4 fully saturated rings. The van der Waals surface area contributed by atoms with Crippen molar-refractivity contribution < 1.29 is 61.9 Å². The Labute approximate surface area is 558 Å². The molecule has 10 rings (SSSR count). The molecule has 2 unspecified atom stereocenters. The Kier molecular flexibility index (Phi) is 22.0. The molecule has 504 valence electrons. The molecule has 0 radical (unpaired) electrons. The van der Waals surface area contributed by atoms with Crippen LogP contribution in [-0.4, -0.2) is 177 Å². The van der Waals surface area contributed by atoms with Gasteiger partial charge in [-0.15, -0.1) is 22.7 Å². The van der Waals surface area contributed by atoms with Crippen LogP contribution in [0.4, 0.5) is 29.2 Å². The molecule has 7 atom stereocenters. The topological polar surface area (TPSA) is 274 Å². The fourth-order valence-electron chi connectivity index (χ4n) is 12.9. The number of carbonyl (C=O) groups excluding carboxylic acids is 5. The minimum absolute atomic E-state index is 0.00572. The highest BCUT2D eigenvalue weighted by atomic mass is 35.5. The van der Waals surface area contributed by atoms with Crippen LogP contribution in [0.5, 0.6) is 6.01 Å². The summed E-state index contributed by atoms with van der Waals surface area (Å²) in [4.78, 5) is 90.5. The molecule has 0 saturated carbocycles. The molecule has 22 nitrogen and oxygen atoms in total. The van der Waals surface area contributed by atoms with Crippen LogP contribution >= 0.6 is 34.3 Å². The minimum Gasteiger partial charge on any atom is -0.462 e. The zero-order chi connectivity index (χ0) is 67.3. The summed E-state index contributed by atoms with van der Waals surface area (Å²) in [5, 5.41) is 40.3. The third-order valence-corrected chi connectivity index (χ3v) is 19.9. The fraction of sp³-hybridized carbons (Fsp3) is 0.537. The SMILES string of the molecule is CCCCOC(=O)N1C2CCC1CN(c1nc(OC[C@@H]3CCCN3CCCOCCC(=O)N[C@H](C(=O)N3C[C@H](O)C[C@H]3C(=O)N[C@@H](CO)c3ccc(-c4scnc4C)cc3)C(C)(C)C)nc3c(F)c(-c4ccc(F)c5sc(NC(=O)OC(C)(C)C)c(C#N)c45)c(Cl)cc13)C2. The highest BCUT2D eigenvalue weighted by Crippen LogP contribution is 2.47. The minimum atomic E-state index is -1.05. The Morgan fingerprint density at radius 2 is 1.69 bits per heavy atom. The summed E-state index contributed by atoms with van der Waals surface area (Å²) in [5.41, 5.74) is 2.29. The average molecular weight is 1360 g/mol. The van der Waals surface area contributed by atoms with Crippen molar-refractivity contribution in [3.05, 3.63) is 81.5 Å². The van der Waals surface area contributed by atoms with Crippen LogP contribution in [0.3, 0.4) is 0 Å². The van der Waals surface area contributed by atoms with Crippen molar-refractivity contribution in [1.82, 2.24) is 40.3 Å². The zero-order valence-corrected chi connectivity index (χ0v) is 56.6. The van der Waals surface area contributed by atoms with Gasteiger partial charge in [-0.25, -0.2) is 23.4 Å². The molecular formula is C67H82ClF2N11O11S2. The quantitative estimate of drug-likeness (QED) is 0.0373. The normalized spacial score (nSPS) is 19.7. The number of benzene rings is 3. The first-order valence-electron chi connectivity index (χ1n) is 32.1. The molecule has 0 aliphatic carbocycles. The number of fused-ring (bicyclic) bond motifs is 4.